The molecule has 0 amide bonds. The highest BCUT2D eigenvalue weighted by atomic mass is 32.1. The van der Waals surface area contributed by atoms with Crippen LogP contribution in [-0.2, 0) is 24.9 Å². The average molecular weight is 317 g/mol. The van der Waals surface area contributed by atoms with Crippen molar-refractivity contribution in [3.63, 3.8) is 0 Å². The Labute approximate surface area is 135 Å². The second-order valence-corrected chi connectivity index (χ2v) is 7.64. The molecule has 0 N–H and O–H groups in total. The smallest absolute Gasteiger partial charge is 0.0562 e. The number of nitrogens with zero attached hydrogens (tertiary/aromatic N) is 3. The Morgan fingerprint density at radius 1 is 1.36 bits per heavy atom. The normalized spacial score (nSPS) is 22.0. The van der Waals surface area contributed by atoms with E-state index in [1.54, 1.807) is 0 Å². The fourth-order valence-electron chi connectivity index (χ4n) is 3.38. The number of ether oxygens (including phenoxy) is 1. The van der Waals surface area contributed by atoms with Crippen molar-refractivity contribution in [1.29, 1.82) is 0 Å². The van der Waals surface area contributed by atoms with Crippen LogP contribution in [0.5, 0.6) is 0 Å². The van der Waals surface area contributed by atoms with Crippen LogP contribution >= 0.6 is 11.3 Å². The number of hydrogen-bond donors (Lipinski definition) is 0. The Hall–Kier alpha value is -1.17. The minimum atomic E-state index is 0.440. The number of hydrogen-bond acceptors (Lipinski definition) is 4. The predicted molar refractivity (Wildman–Crippen MR) is 87.9 cm³/mol. The van der Waals surface area contributed by atoms with E-state index in [-0.39, 0.29) is 0 Å². The average Bonchev–Trinajstić information content (AvgIpc) is 3.04. The lowest BCUT2D eigenvalue weighted by Gasteiger charge is -2.32. The third-order valence-electron chi connectivity index (χ3n) is 4.65. The van der Waals surface area contributed by atoms with E-state index in [0.29, 0.717) is 5.92 Å². The first-order chi connectivity index (χ1) is 10.8. The number of fused-ring (bicyclic) bond motifs is 1. The first-order valence-corrected chi connectivity index (χ1v) is 9.01. The minimum absolute atomic E-state index is 0.440. The Bertz CT molecular complexity index is 618. The molecule has 1 fully saturated rings. The highest BCUT2D eigenvalue weighted by molar-refractivity contribution is 7.09. The number of rotatable bonds is 6. The van der Waals surface area contributed by atoms with Gasteiger partial charge in [0.1, 0.15) is 0 Å². The van der Waals surface area contributed by atoms with E-state index in [4.69, 9.17) is 4.74 Å². The summed E-state index contributed by atoms with van der Waals surface area (Å²) in [5.74, 6) is 1.27. The molecule has 5 heteroatoms. The van der Waals surface area contributed by atoms with E-state index >= 15 is 0 Å². The summed E-state index contributed by atoms with van der Waals surface area (Å²) in [6.07, 6.45) is 4.74. The molecule has 2 aromatic heterocycles. The van der Waals surface area contributed by atoms with Gasteiger partial charge in [-0.3, -0.25) is 9.58 Å². The summed E-state index contributed by atoms with van der Waals surface area (Å²) in [5.41, 5.74) is 2.74. The molecule has 0 radical (unpaired) electrons. The van der Waals surface area contributed by atoms with Crippen LogP contribution in [0.2, 0.25) is 0 Å². The predicted octanol–water partition coefficient (Wildman–Crippen LogP) is 3.01. The maximum absolute atomic E-state index is 6.00. The molecule has 0 spiro atoms. The minimum Gasteiger partial charge on any atom is -0.380 e. The zero-order valence-corrected chi connectivity index (χ0v) is 13.9. The van der Waals surface area contributed by atoms with E-state index in [1.165, 1.54) is 29.0 Å². The molecule has 1 aliphatic heterocycles. The summed E-state index contributed by atoms with van der Waals surface area (Å²) in [6.45, 7) is 4.86. The van der Waals surface area contributed by atoms with Gasteiger partial charge in [0, 0.05) is 55.3 Å². The van der Waals surface area contributed by atoms with Gasteiger partial charge in [0.05, 0.1) is 12.8 Å². The van der Waals surface area contributed by atoms with Crippen LogP contribution in [0.3, 0.4) is 0 Å². The summed E-state index contributed by atoms with van der Waals surface area (Å²) in [5, 5.41) is 6.63. The van der Waals surface area contributed by atoms with Gasteiger partial charge in [0.25, 0.3) is 0 Å². The quantitative estimate of drug-likeness (QED) is 0.820. The van der Waals surface area contributed by atoms with Crippen LogP contribution < -0.4 is 0 Å². The second kappa shape index (κ2) is 6.14. The van der Waals surface area contributed by atoms with Gasteiger partial charge >= 0.3 is 0 Å². The third-order valence-corrected chi connectivity index (χ3v) is 5.51. The Morgan fingerprint density at radius 3 is 3.05 bits per heavy atom. The molecular formula is C17H23N3OS. The lowest BCUT2D eigenvalue weighted by atomic mass is 9.97. The molecule has 2 aromatic rings. The molecule has 1 aliphatic carbocycles. The molecule has 1 unspecified atom stereocenters. The molecule has 118 valence electrons. The maximum atomic E-state index is 6.00. The fourth-order valence-corrected chi connectivity index (χ4v) is 4.13. The zero-order chi connectivity index (χ0) is 14.9. The van der Waals surface area contributed by atoms with Gasteiger partial charge in [0.15, 0.2) is 0 Å². The van der Waals surface area contributed by atoms with Crippen LogP contribution in [0.4, 0.5) is 0 Å². The Balaban J connectivity index is 1.46. The van der Waals surface area contributed by atoms with Crippen molar-refractivity contribution in [3.05, 3.63) is 39.8 Å². The topological polar surface area (TPSA) is 30.3 Å². The third kappa shape index (κ3) is 3.12. The van der Waals surface area contributed by atoms with Crippen LogP contribution in [0, 0.1) is 5.92 Å². The number of thiophene rings is 1. The van der Waals surface area contributed by atoms with Crippen molar-refractivity contribution in [3.8, 4) is 0 Å². The molecular weight excluding hydrogens is 294 g/mol. The fraction of sp³-hybridized carbons (Fsp3) is 0.588. The Morgan fingerprint density at radius 2 is 2.27 bits per heavy atom. The van der Waals surface area contributed by atoms with E-state index < -0.39 is 0 Å². The molecule has 1 atom stereocenters. The number of aryl methyl sites for hydroxylation is 1. The van der Waals surface area contributed by atoms with Crippen LogP contribution in [0.15, 0.2) is 23.7 Å². The van der Waals surface area contributed by atoms with Crippen molar-refractivity contribution in [2.75, 3.05) is 19.8 Å². The van der Waals surface area contributed by atoms with Gasteiger partial charge in [0.2, 0.25) is 0 Å². The number of aromatic nitrogens is 2. The first-order valence-electron chi connectivity index (χ1n) is 8.13. The zero-order valence-electron chi connectivity index (χ0n) is 13.1. The van der Waals surface area contributed by atoms with Crippen LogP contribution in [0.1, 0.15) is 34.9 Å². The molecule has 4 nitrogen and oxygen atoms in total. The van der Waals surface area contributed by atoms with Crippen LogP contribution in [-0.4, -0.2) is 34.4 Å². The van der Waals surface area contributed by atoms with Crippen molar-refractivity contribution in [1.82, 2.24) is 14.7 Å². The second-order valence-electron chi connectivity index (χ2n) is 6.61. The van der Waals surface area contributed by atoms with E-state index in [0.717, 1.165) is 38.8 Å². The first kappa shape index (κ1) is 14.4. The SMILES string of the molecule is Cn1ncc2c1C(COCC1CC1)CN(Cc1cccs1)C2. The van der Waals surface area contributed by atoms with Crippen LogP contribution in [0.25, 0.3) is 0 Å². The Kier molecular flexibility index (Phi) is 4.03. The van der Waals surface area contributed by atoms with Gasteiger partial charge < -0.3 is 4.74 Å². The molecule has 4 rings (SSSR count). The summed E-state index contributed by atoms with van der Waals surface area (Å²) in [4.78, 5) is 3.96. The van der Waals surface area contributed by atoms with E-state index in [9.17, 15) is 0 Å². The summed E-state index contributed by atoms with van der Waals surface area (Å²) >= 11 is 1.84. The monoisotopic (exact) mass is 317 g/mol. The molecule has 0 aromatic carbocycles. The summed E-state index contributed by atoms with van der Waals surface area (Å²) < 4.78 is 8.04. The summed E-state index contributed by atoms with van der Waals surface area (Å²) in [6, 6.07) is 4.36. The van der Waals surface area contributed by atoms with Crippen molar-refractivity contribution < 1.29 is 4.74 Å². The lowest BCUT2D eigenvalue weighted by Crippen LogP contribution is -2.35. The molecule has 1 saturated carbocycles. The van der Waals surface area contributed by atoms with E-state index in [2.05, 4.69) is 34.6 Å². The van der Waals surface area contributed by atoms with E-state index in [1.807, 2.05) is 22.2 Å². The summed E-state index contributed by atoms with van der Waals surface area (Å²) in [7, 11) is 2.06. The lowest BCUT2D eigenvalue weighted by molar-refractivity contribution is 0.0872. The molecule has 0 bridgehead atoms. The molecule has 2 aliphatic rings. The van der Waals surface area contributed by atoms with Gasteiger partial charge in [-0.1, -0.05) is 6.07 Å². The molecule has 3 heterocycles. The van der Waals surface area contributed by atoms with Crippen molar-refractivity contribution in [2.45, 2.75) is 31.8 Å². The highest BCUT2D eigenvalue weighted by Gasteiger charge is 2.30. The molecule has 0 saturated heterocycles. The standard InChI is InChI=1S/C17H23N3OS/c1-19-17-14(7-18-19)8-20(10-16-3-2-6-22-16)9-15(17)12-21-11-13-4-5-13/h2-3,6-7,13,15H,4-5,8-12H2,1H3. The molecule has 22 heavy (non-hydrogen) atoms. The largest absolute Gasteiger partial charge is 0.380 e. The van der Waals surface area contributed by atoms with Gasteiger partial charge in [-0.25, -0.2) is 0 Å². The van der Waals surface area contributed by atoms with Crippen molar-refractivity contribution >= 4 is 11.3 Å². The highest BCUT2D eigenvalue weighted by Crippen LogP contribution is 2.32. The van der Waals surface area contributed by atoms with Gasteiger partial charge in [-0.2, -0.15) is 5.10 Å². The van der Waals surface area contributed by atoms with Gasteiger partial charge in [-0.15, -0.1) is 11.3 Å². The van der Waals surface area contributed by atoms with Crippen molar-refractivity contribution in [2.24, 2.45) is 13.0 Å². The maximum Gasteiger partial charge on any atom is 0.0562 e. The van der Waals surface area contributed by atoms with Gasteiger partial charge in [-0.05, 0) is 30.2 Å².